The topological polar surface area (TPSA) is 18.5 Å². The largest absolute Gasteiger partial charge is 0.493 e. The molecular formula is C18H30O2. The molecule has 1 aromatic carbocycles. The van der Waals surface area contributed by atoms with Crippen molar-refractivity contribution < 1.29 is 9.47 Å². The van der Waals surface area contributed by atoms with Crippen molar-refractivity contribution in [2.45, 2.75) is 54.9 Å². The molecule has 0 fully saturated rings. The van der Waals surface area contributed by atoms with Crippen molar-refractivity contribution in [3.63, 3.8) is 0 Å². The fourth-order valence-corrected chi connectivity index (χ4v) is 1.41. The highest BCUT2D eigenvalue weighted by atomic mass is 16.5. The zero-order valence-corrected chi connectivity index (χ0v) is 14.2. The van der Waals surface area contributed by atoms with Crippen molar-refractivity contribution in [1.82, 2.24) is 0 Å². The van der Waals surface area contributed by atoms with E-state index >= 15 is 0 Å². The van der Waals surface area contributed by atoms with Crippen LogP contribution in [0.2, 0.25) is 0 Å². The average molecular weight is 278 g/mol. The number of terminal acetylenes is 1. The van der Waals surface area contributed by atoms with Crippen LogP contribution < -0.4 is 9.47 Å². The molecule has 0 saturated heterocycles. The van der Waals surface area contributed by atoms with E-state index in [2.05, 4.69) is 12.8 Å². The van der Waals surface area contributed by atoms with Crippen LogP contribution in [-0.2, 0) is 0 Å². The lowest BCUT2D eigenvalue weighted by Gasteiger charge is -2.12. The van der Waals surface area contributed by atoms with Gasteiger partial charge in [0.15, 0.2) is 0 Å². The van der Waals surface area contributed by atoms with Gasteiger partial charge in [-0.1, -0.05) is 40.5 Å². The maximum absolute atomic E-state index is 5.63. The average Bonchev–Trinajstić information content (AvgIpc) is 2.50. The van der Waals surface area contributed by atoms with Gasteiger partial charge in [0.1, 0.15) is 18.1 Å². The van der Waals surface area contributed by atoms with Crippen LogP contribution in [0.4, 0.5) is 0 Å². The van der Waals surface area contributed by atoms with Gasteiger partial charge in [0.05, 0.1) is 6.61 Å². The summed E-state index contributed by atoms with van der Waals surface area (Å²) in [7, 11) is 0. The number of hydrogen-bond acceptors (Lipinski definition) is 2. The lowest BCUT2D eigenvalue weighted by Crippen LogP contribution is -2.00. The third-order valence-electron chi connectivity index (χ3n) is 2.25. The third kappa shape index (κ3) is 7.74. The van der Waals surface area contributed by atoms with Crippen LogP contribution in [0.1, 0.15) is 52.2 Å². The second kappa shape index (κ2) is 13.8. The van der Waals surface area contributed by atoms with Crippen LogP contribution in [0.15, 0.2) is 12.1 Å². The molecule has 0 unspecified atom stereocenters. The van der Waals surface area contributed by atoms with Gasteiger partial charge in [0, 0.05) is 0 Å². The SMILES string of the molecule is C#CCOc1cc(C)c(OCCC)cc1C.CC.CC. The lowest BCUT2D eigenvalue weighted by atomic mass is 10.1. The van der Waals surface area contributed by atoms with Gasteiger partial charge < -0.3 is 9.47 Å². The van der Waals surface area contributed by atoms with E-state index in [1.54, 1.807) is 0 Å². The Morgan fingerprint density at radius 3 is 1.80 bits per heavy atom. The first-order valence-electron chi connectivity index (χ1n) is 7.49. The summed E-state index contributed by atoms with van der Waals surface area (Å²) in [5.74, 6) is 4.21. The van der Waals surface area contributed by atoms with Gasteiger partial charge in [-0.2, -0.15) is 0 Å². The first kappa shape index (κ1) is 20.7. The molecule has 0 aliphatic rings. The molecule has 0 spiro atoms. The standard InChI is InChI=1S/C14H18O2.2C2H6/c1-5-7-15-13-9-12(4)14(10-11(13)3)16-8-6-2;2*1-2/h1,9-10H,6-8H2,2-4H3;2*1-2H3. The van der Waals surface area contributed by atoms with Crippen molar-refractivity contribution in [3.05, 3.63) is 23.3 Å². The molecule has 0 aliphatic heterocycles. The fourth-order valence-electron chi connectivity index (χ4n) is 1.41. The molecule has 0 amide bonds. The Morgan fingerprint density at radius 2 is 1.40 bits per heavy atom. The first-order chi connectivity index (χ1) is 9.69. The van der Waals surface area contributed by atoms with Crippen LogP contribution >= 0.6 is 0 Å². The van der Waals surface area contributed by atoms with Gasteiger partial charge in [-0.3, -0.25) is 0 Å². The van der Waals surface area contributed by atoms with Crippen LogP contribution in [0, 0.1) is 26.2 Å². The predicted molar refractivity (Wildman–Crippen MR) is 88.7 cm³/mol. The number of benzene rings is 1. The maximum atomic E-state index is 5.63. The Kier molecular flexibility index (Phi) is 14.3. The van der Waals surface area contributed by atoms with E-state index in [4.69, 9.17) is 15.9 Å². The number of aryl methyl sites for hydroxylation is 2. The summed E-state index contributed by atoms with van der Waals surface area (Å²) in [4.78, 5) is 0. The molecule has 114 valence electrons. The van der Waals surface area contributed by atoms with Gasteiger partial charge in [0.25, 0.3) is 0 Å². The summed E-state index contributed by atoms with van der Waals surface area (Å²) in [6.45, 7) is 15.1. The minimum absolute atomic E-state index is 0.301. The van der Waals surface area contributed by atoms with Gasteiger partial charge in [0.2, 0.25) is 0 Å². The Hall–Kier alpha value is -1.62. The molecule has 1 rings (SSSR count). The van der Waals surface area contributed by atoms with Crippen LogP contribution in [0.25, 0.3) is 0 Å². The van der Waals surface area contributed by atoms with Crippen LogP contribution in [0.3, 0.4) is 0 Å². The van der Waals surface area contributed by atoms with Gasteiger partial charge in [-0.05, 0) is 43.5 Å². The Morgan fingerprint density at radius 1 is 0.950 bits per heavy atom. The summed E-state index contributed by atoms with van der Waals surface area (Å²) < 4.78 is 11.1. The molecule has 0 aromatic heterocycles. The monoisotopic (exact) mass is 278 g/mol. The van der Waals surface area contributed by atoms with Crippen molar-refractivity contribution in [2.24, 2.45) is 0 Å². The van der Waals surface area contributed by atoms with E-state index in [-0.39, 0.29) is 0 Å². The number of ether oxygens (including phenoxy) is 2. The molecule has 0 atom stereocenters. The van der Waals surface area contributed by atoms with Crippen molar-refractivity contribution >= 4 is 0 Å². The molecular weight excluding hydrogens is 248 g/mol. The molecule has 0 heterocycles. The zero-order chi connectivity index (χ0) is 16.0. The zero-order valence-electron chi connectivity index (χ0n) is 14.2. The second-order valence-corrected chi connectivity index (χ2v) is 3.72. The van der Waals surface area contributed by atoms with E-state index < -0.39 is 0 Å². The summed E-state index contributed by atoms with van der Waals surface area (Å²) in [6.07, 6.45) is 6.17. The van der Waals surface area contributed by atoms with E-state index in [0.29, 0.717) is 6.61 Å². The molecule has 20 heavy (non-hydrogen) atoms. The lowest BCUT2D eigenvalue weighted by molar-refractivity contribution is 0.313. The smallest absolute Gasteiger partial charge is 0.148 e. The van der Waals surface area contributed by atoms with Crippen molar-refractivity contribution in [1.29, 1.82) is 0 Å². The quantitative estimate of drug-likeness (QED) is 0.693. The molecule has 0 saturated carbocycles. The molecule has 1 aromatic rings. The van der Waals surface area contributed by atoms with Gasteiger partial charge in [-0.15, -0.1) is 6.42 Å². The molecule has 0 bridgehead atoms. The van der Waals surface area contributed by atoms with Crippen LogP contribution in [0.5, 0.6) is 11.5 Å². The summed E-state index contributed by atoms with van der Waals surface area (Å²) in [5.41, 5.74) is 2.12. The van der Waals surface area contributed by atoms with Crippen molar-refractivity contribution in [2.75, 3.05) is 13.2 Å². The van der Waals surface area contributed by atoms with E-state index in [0.717, 1.165) is 35.7 Å². The normalized spacial score (nSPS) is 8.30. The summed E-state index contributed by atoms with van der Waals surface area (Å²) >= 11 is 0. The fraction of sp³-hybridized carbons (Fsp3) is 0.556. The highest BCUT2D eigenvalue weighted by Crippen LogP contribution is 2.27. The number of hydrogen-bond donors (Lipinski definition) is 0. The molecule has 0 N–H and O–H groups in total. The Bertz CT molecular complexity index is 389. The first-order valence-corrected chi connectivity index (χ1v) is 7.49. The van der Waals surface area contributed by atoms with Crippen LogP contribution in [-0.4, -0.2) is 13.2 Å². The second-order valence-electron chi connectivity index (χ2n) is 3.72. The Balaban J connectivity index is 0. The maximum Gasteiger partial charge on any atom is 0.148 e. The summed E-state index contributed by atoms with van der Waals surface area (Å²) in [6, 6.07) is 3.97. The molecule has 2 heteroatoms. The molecule has 2 nitrogen and oxygen atoms in total. The van der Waals surface area contributed by atoms with E-state index in [1.807, 2.05) is 53.7 Å². The summed E-state index contributed by atoms with van der Waals surface area (Å²) in [5, 5.41) is 0. The highest BCUT2D eigenvalue weighted by molar-refractivity contribution is 5.45. The minimum atomic E-state index is 0.301. The van der Waals surface area contributed by atoms with Gasteiger partial charge in [-0.25, -0.2) is 0 Å². The van der Waals surface area contributed by atoms with E-state index in [1.165, 1.54) is 0 Å². The highest BCUT2D eigenvalue weighted by Gasteiger charge is 2.06. The van der Waals surface area contributed by atoms with Crippen molar-refractivity contribution in [3.8, 4) is 23.8 Å². The Labute approximate surface area is 125 Å². The van der Waals surface area contributed by atoms with Gasteiger partial charge >= 0.3 is 0 Å². The minimum Gasteiger partial charge on any atom is -0.493 e. The molecule has 0 aliphatic carbocycles. The predicted octanol–water partition coefficient (Wildman–Crippen LogP) is 5.16. The third-order valence-corrected chi connectivity index (χ3v) is 2.25. The number of rotatable bonds is 5. The molecule has 0 radical (unpaired) electrons. The van der Waals surface area contributed by atoms with E-state index in [9.17, 15) is 0 Å².